The van der Waals surface area contributed by atoms with Crippen LogP contribution in [0.1, 0.15) is 33.6 Å². The van der Waals surface area contributed by atoms with Gasteiger partial charge in [0.25, 0.3) is 0 Å². The second-order valence-corrected chi connectivity index (χ2v) is 7.14. The normalized spacial score (nSPS) is 25.9. The van der Waals surface area contributed by atoms with E-state index in [2.05, 4.69) is 26.1 Å². The first kappa shape index (κ1) is 13.9. The highest BCUT2D eigenvalue weighted by molar-refractivity contribution is 7.88. The quantitative estimate of drug-likeness (QED) is 0.809. The van der Waals surface area contributed by atoms with Crippen molar-refractivity contribution in [3.05, 3.63) is 0 Å². The molecule has 0 aromatic rings. The molecule has 0 radical (unpaired) electrons. The summed E-state index contributed by atoms with van der Waals surface area (Å²) >= 11 is 0. The van der Waals surface area contributed by atoms with Crippen LogP contribution in [0.25, 0.3) is 0 Å². The van der Waals surface area contributed by atoms with E-state index in [9.17, 15) is 8.42 Å². The van der Waals surface area contributed by atoms with Gasteiger partial charge in [-0.15, -0.1) is 0 Å². The van der Waals surface area contributed by atoms with Gasteiger partial charge in [0.05, 0.1) is 6.26 Å². The van der Waals surface area contributed by atoms with Gasteiger partial charge in [0.2, 0.25) is 10.0 Å². The molecule has 16 heavy (non-hydrogen) atoms. The summed E-state index contributed by atoms with van der Waals surface area (Å²) in [7, 11) is -3.02. The third-order valence-corrected chi connectivity index (χ3v) is 4.62. The maximum Gasteiger partial charge on any atom is 0.211 e. The predicted octanol–water partition coefficient (Wildman–Crippen LogP) is 1.04. The molecular formula is C11H24N2O2S. The zero-order valence-electron chi connectivity index (χ0n) is 10.7. The third-order valence-electron chi connectivity index (χ3n) is 3.35. The molecule has 1 aliphatic heterocycles. The van der Waals surface area contributed by atoms with Gasteiger partial charge < -0.3 is 5.32 Å². The fourth-order valence-electron chi connectivity index (χ4n) is 1.94. The number of piperidine rings is 1. The van der Waals surface area contributed by atoms with E-state index < -0.39 is 10.0 Å². The number of hydrogen-bond donors (Lipinski definition) is 1. The fourth-order valence-corrected chi connectivity index (χ4v) is 2.86. The van der Waals surface area contributed by atoms with Crippen molar-refractivity contribution in [3.63, 3.8) is 0 Å². The molecule has 0 saturated carbocycles. The first-order valence-corrected chi connectivity index (χ1v) is 7.86. The lowest BCUT2D eigenvalue weighted by Crippen LogP contribution is -2.50. The average Bonchev–Trinajstić information content (AvgIpc) is 2.16. The van der Waals surface area contributed by atoms with E-state index in [1.54, 1.807) is 4.31 Å². The lowest BCUT2D eigenvalue weighted by molar-refractivity contribution is 0.255. The van der Waals surface area contributed by atoms with Crippen LogP contribution in [-0.2, 0) is 10.0 Å². The van der Waals surface area contributed by atoms with Gasteiger partial charge in [-0.3, -0.25) is 0 Å². The van der Waals surface area contributed by atoms with Gasteiger partial charge in [0.15, 0.2) is 0 Å². The first-order chi connectivity index (χ1) is 7.30. The standard InChI is InChI=1S/C11H24N2O2S/c1-9(2)10(3)12-11-6-5-7-13(8-11)16(4,14)15/h9-12H,5-8H2,1-4H3. The predicted molar refractivity (Wildman–Crippen MR) is 66.9 cm³/mol. The van der Waals surface area contributed by atoms with E-state index in [1.807, 2.05) is 0 Å². The van der Waals surface area contributed by atoms with Gasteiger partial charge in [-0.2, -0.15) is 0 Å². The molecule has 0 amide bonds. The van der Waals surface area contributed by atoms with Gasteiger partial charge in [-0.1, -0.05) is 13.8 Å². The SMILES string of the molecule is CC(C)C(C)NC1CCCN(S(C)(=O)=O)C1. The largest absolute Gasteiger partial charge is 0.310 e. The van der Waals surface area contributed by atoms with Crippen molar-refractivity contribution in [1.82, 2.24) is 9.62 Å². The monoisotopic (exact) mass is 248 g/mol. The molecule has 1 fully saturated rings. The summed E-state index contributed by atoms with van der Waals surface area (Å²) in [6.45, 7) is 7.80. The van der Waals surface area contributed by atoms with Crippen molar-refractivity contribution >= 4 is 10.0 Å². The number of hydrogen-bond acceptors (Lipinski definition) is 3. The molecule has 2 unspecified atom stereocenters. The minimum Gasteiger partial charge on any atom is -0.310 e. The lowest BCUT2D eigenvalue weighted by Gasteiger charge is -2.34. The van der Waals surface area contributed by atoms with Crippen molar-refractivity contribution in [1.29, 1.82) is 0 Å². The van der Waals surface area contributed by atoms with Gasteiger partial charge in [0, 0.05) is 25.2 Å². The number of rotatable bonds is 4. The van der Waals surface area contributed by atoms with E-state index in [1.165, 1.54) is 6.26 Å². The van der Waals surface area contributed by atoms with Crippen LogP contribution in [0.4, 0.5) is 0 Å². The second kappa shape index (κ2) is 5.47. The first-order valence-electron chi connectivity index (χ1n) is 6.02. The highest BCUT2D eigenvalue weighted by Crippen LogP contribution is 2.14. The molecular weight excluding hydrogens is 224 g/mol. The molecule has 0 aromatic carbocycles. The molecule has 0 spiro atoms. The summed E-state index contributed by atoms with van der Waals surface area (Å²) in [6.07, 6.45) is 3.32. The van der Waals surface area contributed by atoms with E-state index in [4.69, 9.17) is 0 Å². The molecule has 1 rings (SSSR count). The van der Waals surface area contributed by atoms with Gasteiger partial charge >= 0.3 is 0 Å². The Morgan fingerprint density at radius 2 is 1.94 bits per heavy atom. The molecule has 96 valence electrons. The Hall–Kier alpha value is -0.130. The van der Waals surface area contributed by atoms with Crippen LogP contribution in [0.3, 0.4) is 0 Å². The summed E-state index contributed by atoms with van der Waals surface area (Å²) in [5.74, 6) is 0.577. The Bertz CT molecular complexity index is 314. The molecule has 1 saturated heterocycles. The fraction of sp³-hybridized carbons (Fsp3) is 1.00. The highest BCUT2D eigenvalue weighted by atomic mass is 32.2. The van der Waals surface area contributed by atoms with E-state index >= 15 is 0 Å². The Morgan fingerprint density at radius 3 is 2.44 bits per heavy atom. The minimum absolute atomic E-state index is 0.306. The molecule has 1 N–H and O–H groups in total. The Labute approximate surface area is 99.5 Å². The van der Waals surface area contributed by atoms with Crippen LogP contribution < -0.4 is 5.32 Å². The average molecular weight is 248 g/mol. The van der Waals surface area contributed by atoms with Crippen LogP contribution in [0.2, 0.25) is 0 Å². The number of nitrogens with zero attached hydrogens (tertiary/aromatic N) is 1. The molecule has 1 aliphatic rings. The summed E-state index contributed by atoms with van der Waals surface area (Å²) in [5, 5.41) is 3.51. The smallest absolute Gasteiger partial charge is 0.211 e. The molecule has 5 heteroatoms. The third kappa shape index (κ3) is 4.03. The zero-order chi connectivity index (χ0) is 12.3. The highest BCUT2D eigenvalue weighted by Gasteiger charge is 2.26. The number of nitrogens with one attached hydrogen (secondary N) is 1. The maximum absolute atomic E-state index is 11.4. The Morgan fingerprint density at radius 1 is 1.31 bits per heavy atom. The molecule has 2 atom stereocenters. The van der Waals surface area contributed by atoms with E-state index in [0.29, 0.717) is 31.1 Å². The van der Waals surface area contributed by atoms with Crippen molar-refractivity contribution < 1.29 is 8.42 Å². The van der Waals surface area contributed by atoms with Crippen molar-refractivity contribution in [2.45, 2.75) is 45.7 Å². The topological polar surface area (TPSA) is 49.4 Å². The van der Waals surface area contributed by atoms with Crippen molar-refractivity contribution in [3.8, 4) is 0 Å². The van der Waals surface area contributed by atoms with Crippen molar-refractivity contribution in [2.24, 2.45) is 5.92 Å². The minimum atomic E-state index is -3.02. The summed E-state index contributed by atoms with van der Waals surface area (Å²) in [5.41, 5.74) is 0. The van der Waals surface area contributed by atoms with E-state index in [-0.39, 0.29) is 0 Å². The molecule has 0 aliphatic carbocycles. The maximum atomic E-state index is 11.4. The van der Waals surface area contributed by atoms with Crippen LogP contribution in [-0.4, -0.2) is 44.2 Å². The zero-order valence-corrected chi connectivity index (χ0v) is 11.5. The summed E-state index contributed by atoms with van der Waals surface area (Å²) in [6, 6.07) is 0.741. The Balaban J connectivity index is 2.51. The molecule has 4 nitrogen and oxygen atoms in total. The lowest BCUT2D eigenvalue weighted by atomic mass is 10.0. The van der Waals surface area contributed by atoms with Crippen LogP contribution in [0.15, 0.2) is 0 Å². The number of sulfonamides is 1. The molecule has 0 bridgehead atoms. The van der Waals surface area contributed by atoms with Gasteiger partial charge in [-0.05, 0) is 25.7 Å². The van der Waals surface area contributed by atoms with Crippen molar-refractivity contribution in [2.75, 3.05) is 19.3 Å². The molecule has 1 heterocycles. The van der Waals surface area contributed by atoms with Crippen LogP contribution >= 0.6 is 0 Å². The van der Waals surface area contributed by atoms with Gasteiger partial charge in [-0.25, -0.2) is 12.7 Å². The Kier molecular flexibility index (Phi) is 4.76. The molecule has 0 aromatic heterocycles. The summed E-state index contributed by atoms with van der Waals surface area (Å²) < 4.78 is 24.5. The van der Waals surface area contributed by atoms with E-state index in [0.717, 1.165) is 12.8 Å². The van der Waals surface area contributed by atoms with Crippen LogP contribution in [0.5, 0.6) is 0 Å². The second-order valence-electron chi connectivity index (χ2n) is 5.16. The van der Waals surface area contributed by atoms with Gasteiger partial charge in [0.1, 0.15) is 0 Å². The summed E-state index contributed by atoms with van der Waals surface area (Å²) in [4.78, 5) is 0. The van der Waals surface area contributed by atoms with Crippen LogP contribution in [0, 0.1) is 5.92 Å².